The number of primary amides is 1. The molecule has 2 amide bonds. The van der Waals surface area contributed by atoms with E-state index in [1.165, 1.54) is 37.4 Å². The molecule has 3 heterocycles. The predicted octanol–water partition coefficient (Wildman–Crippen LogP) is 5.78. The molecule has 1 aliphatic heterocycles. The Kier molecular flexibility index (Phi) is 8.90. The molecule has 0 spiro atoms. The number of ether oxygens (including phenoxy) is 2. The summed E-state index contributed by atoms with van der Waals surface area (Å²) in [5, 5.41) is 2.18. The molecule has 0 saturated heterocycles. The van der Waals surface area contributed by atoms with E-state index in [0.717, 1.165) is 19.0 Å². The quantitative estimate of drug-likeness (QED) is 0.0647. The van der Waals surface area contributed by atoms with E-state index in [-0.39, 0.29) is 76.4 Å². The molecule has 5 N–H and O–H groups in total. The Labute approximate surface area is 304 Å². The molecule has 0 bridgehead atoms. The third kappa shape index (κ3) is 6.65. The molecule has 0 unspecified atom stereocenters. The van der Waals surface area contributed by atoms with Crippen molar-refractivity contribution in [3.63, 3.8) is 0 Å². The van der Waals surface area contributed by atoms with Crippen molar-refractivity contribution >= 4 is 41.6 Å². The number of fused-ring (bicyclic) bond motifs is 1. The number of benzene rings is 1. The first-order valence-electron chi connectivity index (χ1n) is 16.9. The van der Waals surface area contributed by atoms with Crippen molar-refractivity contribution in [2.75, 3.05) is 18.9 Å². The standard InChI is InChI=1S/C36H34ClF5N6O5/c1-33(32(44)51)16-52-29-22(33)10-24(48-27(29)21-4-7-45-28(25(21)37)30(38)39)34(15-49,19-11-35(40,41)12-19)14-46-31(50)17-8-18(13-47-36(42)5-6-36)26(43)23(9-17)53-20-2-3-20/h4,7-10,13,15,19-20,30H,2-3,5-6,11-12,14,16,43H2,1H3,(H2,44,51)(H,46,50)/b47-13+/t33-,34+/m0/s1. The molecule has 3 aliphatic carbocycles. The Morgan fingerprint density at radius 3 is 2.53 bits per heavy atom. The minimum atomic E-state index is -3.14. The van der Waals surface area contributed by atoms with Gasteiger partial charge < -0.3 is 31.1 Å². The number of amides is 2. The number of hydrogen-bond acceptors (Lipinski definition) is 9. The molecule has 280 valence electrons. The van der Waals surface area contributed by atoms with Gasteiger partial charge >= 0.3 is 0 Å². The fourth-order valence-electron chi connectivity index (χ4n) is 6.57. The van der Waals surface area contributed by atoms with Crippen LogP contribution in [0.25, 0.3) is 11.3 Å². The topological polar surface area (TPSA) is 172 Å². The van der Waals surface area contributed by atoms with E-state index in [0.29, 0.717) is 6.29 Å². The molecule has 53 heavy (non-hydrogen) atoms. The number of pyridine rings is 2. The van der Waals surface area contributed by atoms with Crippen molar-refractivity contribution in [2.45, 2.75) is 80.5 Å². The Morgan fingerprint density at radius 2 is 1.92 bits per heavy atom. The number of carbonyl (C=O) groups is 3. The number of aldehydes is 1. The number of hydrogen-bond donors (Lipinski definition) is 3. The van der Waals surface area contributed by atoms with Gasteiger partial charge in [-0.05, 0) is 49.9 Å². The minimum absolute atomic E-state index is 0.000792. The van der Waals surface area contributed by atoms with E-state index in [1.807, 2.05) is 0 Å². The number of aromatic nitrogens is 2. The number of alkyl halides is 5. The molecule has 2 atom stereocenters. The highest BCUT2D eigenvalue weighted by Gasteiger charge is 2.57. The van der Waals surface area contributed by atoms with Crippen LogP contribution in [0, 0.1) is 5.92 Å². The summed E-state index contributed by atoms with van der Waals surface area (Å²) in [6.07, 6.45) is 0.00309. The zero-order chi connectivity index (χ0) is 38.1. The van der Waals surface area contributed by atoms with Crippen molar-refractivity contribution in [3.05, 3.63) is 63.6 Å². The van der Waals surface area contributed by atoms with E-state index >= 15 is 0 Å². The van der Waals surface area contributed by atoms with Crippen LogP contribution in [0.4, 0.5) is 27.6 Å². The highest BCUT2D eigenvalue weighted by molar-refractivity contribution is 6.34. The number of carbonyl (C=O) groups excluding carboxylic acids is 3. The largest absolute Gasteiger partial charge is 0.489 e. The number of nitrogens with one attached hydrogen (secondary N) is 1. The predicted molar refractivity (Wildman–Crippen MR) is 182 cm³/mol. The second-order valence-electron chi connectivity index (χ2n) is 14.3. The molecule has 3 saturated carbocycles. The lowest BCUT2D eigenvalue weighted by Crippen LogP contribution is -2.55. The second-order valence-corrected chi connectivity index (χ2v) is 14.7. The zero-order valence-corrected chi connectivity index (χ0v) is 29.0. The molecular formula is C36H34ClF5N6O5. The average molecular weight is 761 g/mol. The molecular weight excluding hydrogens is 727 g/mol. The first-order chi connectivity index (χ1) is 25.0. The molecule has 17 heteroatoms. The van der Waals surface area contributed by atoms with Gasteiger partial charge in [0.1, 0.15) is 41.2 Å². The van der Waals surface area contributed by atoms with Crippen LogP contribution < -0.4 is 26.3 Å². The van der Waals surface area contributed by atoms with Gasteiger partial charge in [0.15, 0.2) is 5.79 Å². The molecule has 11 nitrogen and oxygen atoms in total. The number of nitrogen functional groups attached to an aromatic ring is 1. The van der Waals surface area contributed by atoms with E-state index in [9.17, 15) is 36.3 Å². The number of anilines is 1. The summed E-state index contributed by atoms with van der Waals surface area (Å²) in [5.41, 5.74) is 7.90. The van der Waals surface area contributed by atoms with Crippen LogP contribution in [0.5, 0.6) is 11.5 Å². The van der Waals surface area contributed by atoms with Gasteiger partial charge in [-0.25, -0.2) is 26.9 Å². The summed E-state index contributed by atoms with van der Waals surface area (Å²) < 4.78 is 83.0. The fraction of sp³-hybridized carbons (Fsp3) is 0.444. The fourth-order valence-corrected chi connectivity index (χ4v) is 6.85. The monoisotopic (exact) mass is 760 g/mol. The Bertz CT molecular complexity index is 2050. The van der Waals surface area contributed by atoms with Crippen LogP contribution in [-0.4, -0.2) is 65.3 Å². The van der Waals surface area contributed by atoms with E-state index < -0.39 is 76.8 Å². The van der Waals surface area contributed by atoms with Crippen LogP contribution in [0.15, 0.2) is 35.5 Å². The third-order valence-corrected chi connectivity index (χ3v) is 10.8. The summed E-state index contributed by atoms with van der Waals surface area (Å²) in [6, 6.07) is 5.37. The maximum absolute atomic E-state index is 14.5. The van der Waals surface area contributed by atoms with Crippen LogP contribution in [-0.2, 0) is 20.4 Å². The van der Waals surface area contributed by atoms with Gasteiger partial charge in [-0.1, -0.05) is 11.6 Å². The maximum Gasteiger partial charge on any atom is 0.281 e. The SMILES string of the molecule is C[C@]1(C(N)=O)COc2c1cc([C@@](C=O)(CNC(=O)c1cc(/C=N/C3(F)CC3)c(N)c(OC3CC3)c1)C1CC(F)(F)C1)nc2-c1ccnc(C(F)F)c1Cl. The molecule has 1 aromatic carbocycles. The van der Waals surface area contributed by atoms with E-state index in [2.05, 4.69) is 20.3 Å². The van der Waals surface area contributed by atoms with Crippen LogP contribution >= 0.6 is 11.6 Å². The molecule has 3 aromatic rings. The molecule has 0 radical (unpaired) electrons. The maximum atomic E-state index is 14.5. The van der Waals surface area contributed by atoms with Gasteiger partial charge in [-0.2, -0.15) is 0 Å². The smallest absolute Gasteiger partial charge is 0.281 e. The second kappa shape index (κ2) is 12.9. The van der Waals surface area contributed by atoms with Crippen molar-refractivity contribution in [2.24, 2.45) is 16.6 Å². The zero-order valence-electron chi connectivity index (χ0n) is 28.2. The number of rotatable bonds is 13. The lowest BCUT2D eigenvalue weighted by molar-refractivity contribution is -0.142. The van der Waals surface area contributed by atoms with Gasteiger partial charge in [0.2, 0.25) is 11.8 Å². The van der Waals surface area contributed by atoms with Crippen LogP contribution in [0.1, 0.15) is 84.7 Å². The van der Waals surface area contributed by atoms with Crippen LogP contribution in [0.3, 0.4) is 0 Å². The Hall–Kier alpha value is -4.86. The first kappa shape index (κ1) is 36.5. The lowest BCUT2D eigenvalue weighted by atomic mass is 9.62. The summed E-state index contributed by atoms with van der Waals surface area (Å²) in [7, 11) is 0. The highest BCUT2D eigenvalue weighted by Crippen LogP contribution is 2.54. The summed E-state index contributed by atoms with van der Waals surface area (Å²) >= 11 is 6.40. The minimum Gasteiger partial charge on any atom is -0.489 e. The first-order valence-corrected chi connectivity index (χ1v) is 17.3. The highest BCUT2D eigenvalue weighted by atomic mass is 35.5. The van der Waals surface area contributed by atoms with E-state index in [4.69, 9.17) is 32.5 Å². The summed E-state index contributed by atoms with van der Waals surface area (Å²) in [5.74, 6) is -7.39. The van der Waals surface area contributed by atoms with Gasteiger partial charge in [0.05, 0.1) is 27.9 Å². The normalized spacial score (nSPS) is 22.4. The molecule has 3 fully saturated rings. The third-order valence-electron chi connectivity index (χ3n) is 10.4. The van der Waals surface area contributed by atoms with E-state index in [1.54, 1.807) is 0 Å². The Morgan fingerprint density at radius 1 is 1.21 bits per heavy atom. The van der Waals surface area contributed by atoms with Crippen molar-refractivity contribution in [1.82, 2.24) is 15.3 Å². The van der Waals surface area contributed by atoms with Gasteiger partial charge in [0.25, 0.3) is 12.3 Å². The summed E-state index contributed by atoms with van der Waals surface area (Å²) in [4.78, 5) is 52.2. The molecule has 7 rings (SSSR count). The van der Waals surface area contributed by atoms with Gasteiger partial charge in [-0.3, -0.25) is 19.6 Å². The number of nitrogens with two attached hydrogens (primary N) is 2. The van der Waals surface area contributed by atoms with Crippen molar-refractivity contribution < 1.29 is 45.8 Å². The van der Waals surface area contributed by atoms with Gasteiger partial charge in [0, 0.05) is 66.9 Å². The van der Waals surface area contributed by atoms with Crippen molar-refractivity contribution in [3.8, 4) is 22.8 Å². The number of halogens is 6. The van der Waals surface area contributed by atoms with Gasteiger partial charge in [-0.15, -0.1) is 0 Å². The Balaban J connectivity index is 1.32. The number of nitrogens with zero attached hydrogens (tertiary/aromatic N) is 3. The average Bonchev–Trinajstić information content (AvgIpc) is 4.04. The van der Waals surface area contributed by atoms with Crippen molar-refractivity contribution in [1.29, 1.82) is 0 Å². The van der Waals surface area contributed by atoms with Crippen LogP contribution in [0.2, 0.25) is 5.02 Å². The summed E-state index contributed by atoms with van der Waals surface area (Å²) in [6.45, 7) is 0.610. The molecule has 2 aromatic heterocycles. The molecule has 4 aliphatic rings. The lowest BCUT2D eigenvalue weighted by Gasteiger charge is -2.45. The number of aliphatic imine (C=N–C) groups is 1.